The Labute approximate surface area is 213 Å². The van der Waals surface area contributed by atoms with Gasteiger partial charge in [0.25, 0.3) is 16.4 Å². The van der Waals surface area contributed by atoms with Gasteiger partial charge in [0.15, 0.2) is 0 Å². The number of aryl methyl sites for hydroxylation is 2. The molecule has 0 unspecified atom stereocenters. The number of hydrogen-bond acceptors (Lipinski definition) is 9. The molecule has 190 valence electrons. The molecule has 13 heteroatoms. The summed E-state index contributed by atoms with van der Waals surface area (Å²) in [6.45, 7) is 0.439. The molecule has 36 heavy (non-hydrogen) atoms. The lowest BCUT2D eigenvalue weighted by molar-refractivity contribution is 0.0683. The van der Waals surface area contributed by atoms with Crippen LogP contribution in [0.4, 0.5) is 15.8 Å². The topological polar surface area (TPSA) is 167 Å². The number of nitrogens with two attached hydrogens (primary N) is 1. The van der Waals surface area contributed by atoms with Crippen LogP contribution >= 0.6 is 23.7 Å². The highest BCUT2D eigenvalue weighted by Gasteiger charge is 2.22. The number of H-pyrrole nitrogens is 1. The average Bonchev–Trinajstić information content (AvgIpc) is 3.43. The van der Waals surface area contributed by atoms with Gasteiger partial charge in [-0.3, -0.25) is 14.4 Å². The third kappa shape index (κ3) is 5.01. The maximum absolute atomic E-state index is 13.6. The lowest BCUT2D eigenvalue weighted by Crippen LogP contribution is -2.36. The van der Waals surface area contributed by atoms with Crippen molar-refractivity contribution >= 4 is 51.3 Å². The van der Waals surface area contributed by atoms with Crippen molar-refractivity contribution in [3.8, 4) is 0 Å². The number of benzene rings is 1. The number of nitrogens with zero attached hydrogens (tertiary/aromatic N) is 1. The predicted octanol–water partition coefficient (Wildman–Crippen LogP) is 2.13. The number of halogens is 2. The summed E-state index contributed by atoms with van der Waals surface area (Å²) in [6, 6.07) is 4.57. The Balaban J connectivity index is 0.000000197. The van der Waals surface area contributed by atoms with Crippen LogP contribution in [-0.2, 0) is 25.9 Å². The molecule has 0 aliphatic heterocycles. The van der Waals surface area contributed by atoms with Gasteiger partial charge >= 0.3 is 5.97 Å². The normalized spacial score (nSPS) is 12.0. The fraction of sp³-hybridized carbons (Fsp3) is 0.261. The first-order valence-electron chi connectivity index (χ1n) is 10.7. The van der Waals surface area contributed by atoms with E-state index < -0.39 is 16.8 Å². The maximum atomic E-state index is 13.6. The number of aromatic amines is 1. The highest BCUT2D eigenvalue weighted by Crippen LogP contribution is 2.34. The number of rotatable bonds is 6. The van der Waals surface area contributed by atoms with Crippen molar-refractivity contribution in [3.05, 3.63) is 82.2 Å². The number of anilines is 2. The number of nitrogens with one attached hydrogen (secondary N) is 3. The Kier molecular flexibility index (Phi) is 8.23. The highest BCUT2D eigenvalue weighted by atomic mass is 35.5. The third-order valence-corrected chi connectivity index (χ3v) is 6.93. The molecule has 0 fully saturated rings. The van der Waals surface area contributed by atoms with Gasteiger partial charge in [0.1, 0.15) is 22.0 Å². The molecular weight excluding hydrogens is 513 g/mol. The van der Waals surface area contributed by atoms with Crippen molar-refractivity contribution in [2.24, 2.45) is 5.73 Å². The molecule has 6 N–H and O–H groups in total. The molecule has 2 aromatic heterocycles. The first kappa shape index (κ1) is 27.0. The second-order valence-corrected chi connectivity index (χ2v) is 8.98. The van der Waals surface area contributed by atoms with Gasteiger partial charge in [-0.25, -0.2) is 14.2 Å². The van der Waals surface area contributed by atoms with Crippen LogP contribution in [0, 0.1) is 5.82 Å². The summed E-state index contributed by atoms with van der Waals surface area (Å²) in [5.41, 5.74) is 6.72. The van der Waals surface area contributed by atoms with Crippen LogP contribution in [0.3, 0.4) is 0 Å². The van der Waals surface area contributed by atoms with Crippen molar-refractivity contribution in [2.75, 3.05) is 17.7 Å². The van der Waals surface area contributed by atoms with Gasteiger partial charge in [-0.2, -0.15) is 0 Å². The number of fused-ring (bicyclic) bond motifs is 3. The van der Waals surface area contributed by atoms with Crippen LogP contribution in [0.2, 0.25) is 0 Å². The summed E-state index contributed by atoms with van der Waals surface area (Å²) in [5.74, 6) is -1.86. The van der Waals surface area contributed by atoms with Crippen LogP contribution < -0.4 is 32.8 Å². The standard InChI is InChI=1S/C13H14FN3O2.C10H8N2O3S.ClH/c1-16-10-11(13(19)12(10)18)17-6-8-4-7(5-15)2-3-9(8)14;13-8-6-4-2-1-3-5(4)16-9(6)12-7(11-8)10(14)15;/h2-4,16-17H,5-6,15H2,1H3;1-3H2,(H,14,15)(H,11,12,13);1H. The largest absolute Gasteiger partial charge is 0.475 e. The second-order valence-electron chi connectivity index (χ2n) is 7.90. The Morgan fingerprint density at radius 2 is 1.94 bits per heavy atom. The average molecular weight is 536 g/mol. The van der Waals surface area contributed by atoms with Crippen molar-refractivity contribution in [1.29, 1.82) is 0 Å². The molecule has 0 radical (unpaired) electrons. The summed E-state index contributed by atoms with van der Waals surface area (Å²) >= 11 is 1.44. The van der Waals surface area contributed by atoms with E-state index in [0.717, 1.165) is 30.4 Å². The van der Waals surface area contributed by atoms with Gasteiger partial charge in [0.2, 0.25) is 5.82 Å². The minimum atomic E-state index is -1.20. The smallest absolute Gasteiger partial charge is 0.372 e. The Morgan fingerprint density at radius 1 is 1.22 bits per heavy atom. The van der Waals surface area contributed by atoms with Crippen molar-refractivity contribution in [1.82, 2.24) is 9.97 Å². The highest BCUT2D eigenvalue weighted by molar-refractivity contribution is 7.18. The first-order chi connectivity index (χ1) is 16.7. The molecule has 0 atom stereocenters. The Bertz CT molecular complexity index is 1570. The summed E-state index contributed by atoms with van der Waals surface area (Å²) in [7, 11) is 1.55. The third-order valence-electron chi connectivity index (χ3n) is 5.74. The summed E-state index contributed by atoms with van der Waals surface area (Å²) in [4.78, 5) is 53.0. The molecule has 1 aliphatic carbocycles. The molecule has 2 heterocycles. The van der Waals surface area contributed by atoms with Gasteiger partial charge < -0.3 is 26.5 Å². The van der Waals surface area contributed by atoms with E-state index >= 15 is 0 Å². The zero-order valence-corrected chi connectivity index (χ0v) is 20.7. The first-order valence-corrected chi connectivity index (χ1v) is 11.6. The Morgan fingerprint density at radius 3 is 2.61 bits per heavy atom. The Hall–Kier alpha value is -3.61. The predicted molar refractivity (Wildman–Crippen MR) is 139 cm³/mol. The SMILES string of the molecule is CNc1c(NCc2cc(CN)ccc2F)c(=O)c1=O.Cl.O=C(O)c1nc2sc3c(c2c(=O)[nH]1)CCC3. The number of hydrogen-bond donors (Lipinski definition) is 5. The maximum Gasteiger partial charge on any atom is 0.372 e. The zero-order valence-electron chi connectivity index (χ0n) is 19.1. The molecule has 0 spiro atoms. The van der Waals surface area contributed by atoms with Crippen molar-refractivity contribution < 1.29 is 14.3 Å². The van der Waals surface area contributed by atoms with Gasteiger partial charge in [0.05, 0.1) is 5.39 Å². The zero-order chi connectivity index (χ0) is 25.3. The molecule has 4 aromatic rings. The number of carboxylic acids is 1. The van der Waals surface area contributed by atoms with Crippen LogP contribution in [0.15, 0.2) is 32.6 Å². The van der Waals surface area contributed by atoms with Crippen molar-refractivity contribution in [2.45, 2.75) is 32.4 Å². The van der Waals surface area contributed by atoms with E-state index in [1.165, 1.54) is 22.3 Å². The van der Waals surface area contributed by atoms with E-state index in [2.05, 4.69) is 20.6 Å². The van der Waals surface area contributed by atoms with E-state index in [0.29, 0.717) is 22.3 Å². The molecule has 0 saturated heterocycles. The van der Waals surface area contributed by atoms with Gasteiger partial charge in [-0.05, 0) is 42.5 Å². The minimum Gasteiger partial charge on any atom is -0.475 e. The van der Waals surface area contributed by atoms with E-state index in [-0.39, 0.29) is 47.5 Å². The molecule has 2 aromatic carbocycles. The van der Waals surface area contributed by atoms with Crippen LogP contribution in [0.1, 0.15) is 38.6 Å². The van der Waals surface area contributed by atoms with E-state index in [9.17, 15) is 23.6 Å². The van der Waals surface area contributed by atoms with Crippen LogP contribution in [0.5, 0.6) is 0 Å². The summed E-state index contributed by atoms with van der Waals surface area (Å²) < 4.78 is 13.6. The molecule has 10 nitrogen and oxygen atoms in total. The number of aromatic nitrogens is 2. The van der Waals surface area contributed by atoms with Gasteiger partial charge in [0, 0.05) is 30.6 Å². The van der Waals surface area contributed by atoms with E-state index in [4.69, 9.17) is 10.8 Å². The van der Waals surface area contributed by atoms with E-state index in [1.807, 2.05) is 0 Å². The lowest BCUT2D eigenvalue weighted by atomic mass is 10.1. The number of aromatic carboxylic acids is 1. The molecule has 5 rings (SSSR count). The number of carboxylic acid groups (broad SMARTS) is 1. The summed E-state index contributed by atoms with van der Waals surface area (Å²) in [6.07, 6.45) is 2.93. The van der Waals surface area contributed by atoms with E-state index in [1.54, 1.807) is 19.2 Å². The van der Waals surface area contributed by atoms with Crippen LogP contribution in [0.25, 0.3) is 10.2 Å². The fourth-order valence-corrected chi connectivity index (χ4v) is 5.24. The fourth-order valence-electron chi connectivity index (χ4n) is 3.98. The quantitative estimate of drug-likeness (QED) is 0.232. The van der Waals surface area contributed by atoms with Crippen molar-refractivity contribution in [3.63, 3.8) is 0 Å². The minimum absolute atomic E-state index is 0. The second kappa shape index (κ2) is 11.0. The van der Waals surface area contributed by atoms with Gasteiger partial charge in [-0.1, -0.05) is 6.07 Å². The number of thiophene rings is 1. The molecule has 1 aliphatic rings. The molecular formula is C23H23ClFN5O5S. The van der Waals surface area contributed by atoms with Gasteiger partial charge in [-0.15, -0.1) is 23.7 Å². The molecule has 0 amide bonds. The molecule has 0 bridgehead atoms. The summed E-state index contributed by atoms with van der Waals surface area (Å²) in [5, 5.41) is 14.8. The molecule has 0 saturated carbocycles. The lowest BCUT2D eigenvalue weighted by Gasteiger charge is -2.13. The monoisotopic (exact) mass is 535 g/mol. The number of carbonyl (C=O) groups is 1. The van der Waals surface area contributed by atoms with Crippen LogP contribution in [-0.4, -0.2) is 28.1 Å².